The van der Waals surface area contributed by atoms with Crippen molar-refractivity contribution in [2.24, 2.45) is 0 Å². The predicted octanol–water partition coefficient (Wildman–Crippen LogP) is 13.4. The quantitative estimate of drug-likeness (QED) is 0.0261. The van der Waals surface area contributed by atoms with Crippen LogP contribution in [-0.2, 0) is 14.3 Å². The summed E-state index contributed by atoms with van der Waals surface area (Å²) in [5.74, 6) is -0.146. The molecule has 9 heteroatoms. The van der Waals surface area contributed by atoms with E-state index < -0.39 is 49.5 Å². The van der Waals surface area contributed by atoms with Crippen LogP contribution >= 0.6 is 0 Å². The highest BCUT2D eigenvalue weighted by Gasteiger charge is 2.44. The molecule has 0 saturated carbocycles. The summed E-state index contributed by atoms with van der Waals surface area (Å²) < 4.78 is 11.3. The molecule has 7 atom stereocenters. The number of allylic oxidation sites excluding steroid dienone is 4. The minimum absolute atomic E-state index is 0.137. The molecule has 7 unspecified atom stereocenters. The fraction of sp³-hybridized carbons (Fsp3) is 0.911. The second-order valence-electron chi connectivity index (χ2n) is 19.7. The number of hydrogen-bond donors (Lipinski definition) is 6. The third-order valence-corrected chi connectivity index (χ3v) is 13.6. The first kappa shape index (κ1) is 61.7. The Labute approximate surface area is 400 Å². The molecule has 0 aromatic carbocycles. The first-order valence-corrected chi connectivity index (χ1v) is 28.0. The minimum atomic E-state index is -1.55. The highest BCUT2D eigenvalue weighted by molar-refractivity contribution is 5.76. The van der Waals surface area contributed by atoms with Gasteiger partial charge < -0.3 is 40.3 Å². The molecule has 0 aromatic heterocycles. The molecule has 65 heavy (non-hydrogen) atoms. The van der Waals surface area contributed by atoms with Crippen LogP contribution < -0.4 is 5.32 Å². The van der Waals surface area contributed by atoms with E-state index in [0.29, 0.717) is 12.8 Å². The molecular formula is C56H107NO8. The van der Waals surface area contributed by atoms with Gasteiger partial charge in [0.25, 0.3) is 0 Å². The first-order chi connectivity index (χ1) is 31.8. The van der Waals surface area contributed by atoms with Crippen molar-refractivity contribution >= 4 is 5.91 Å². The zero-order valence-corrected chi connectivity index (χ0v) is 42.5. The van der Waals surface area contributed by atoms with Gasteiger partial charge in [-0.2, -0.15) is 0 Å². The van der Waals surface area contributed by atoms with Crippen LogP contribution in [0.2, 0.25) is 0 Å². The Balaban J connectivity index is 2.22. The van der Waals surface area contributed by atoms with E-state index in [1.165, 1.54) is 199 Å². The number of aliphatic hydroxyl groups excluding tert-OH is 5. The number of ether oxygens (including phenoxy) is 2. The molecule has 9 nitrogen and oxygen atoms in total. The highest BCUT2D eigenvalue weighted by atomic mass is 16.7. The molecule has 1 aliphatic rings. The van der Waals surface area contributed by atoms with Gasteiger partial charge in [-0.05, 0) is 44.9 Å². The van der Waals surface area contributed by atoms with E-state index in [1.54, 1.807) is 0 Å². The van der Waals surface area contributed by atoms with Gasteiger partial charge in [0.15, 0.2) is 6.29 Å². The van der Waals surface area contributed by atoms with Crippen molar-refractivity contribution in [3.63, 3.8) is 0 Å². The molecule has 0 bridgehead atoms. The molecule has 0 aliphatic carbocycles. The Morgan fingerprint density at radius 3 is 1.35 bits per heavy atom. The van der Waals surface area contributed by atoms with Gasteiger partial charge in [0.2, 0.25) is 5.91 Å². The van der Waals surface area contributed by atoms with E-state index in [-0.39, 0.29) is 12.5 Å². The topological polar surface area (TPSA) is 149 Å². The van der Waals surface area contributed by atoms with Gasteiger partial charge in [0, 0.05) is 6.42 Å². The van der Waals surface area contributed by atoms with Gasteiger partial charge in [-0.15, -0.1) is 0 Å². The van der Waals surface area contributed by atoms with Crippen LogP contribution in [0.15, 0.2) is 24.3 Å². The van der Waals surface area contributed by atoms with Crippen molar-refractivity contribution in [1.29, 1.82) is 0 Å². The SMILES string of the molecule is CCCCC/C=C\C/C=C\CCCCCCCCCCCC(=O)NC(COC1OC(CO)C(O)C(O)C1O)C(O)CCCCCCCCCCCCCCCCCCCCCCCCC. The van der Waals surface area contributed by atoms with Gasteiger partial charge in [-0.1, -0.05) is 244 Å². The molecule has 0 spiro atoms. The standard InChI is InChI=1S/C56H107NO8/c1-3-5-7-9-11-13-15-17-19-21-23-24-25-26-28-29-31-33-35-37-39-41-43-45-50(59)49(48-64-56-55(63)54(62)53(61)51(47-58)65-56)57-52(60)46-44-42-40-38-36-34-32-30-27-22-20-18-16-14-12-10-8-6-4-2/h12,14,18,20,49-51,53-56,58-59,61-63H,3-11,13,15-17,19,21-48H2,1-2H3,(H,57,60)/b14-12-,20-18-. The van der Waals surface area contributed by atoms with Crippen LogP contribution in [-0.4, -0.2) is 87.5 Å². The van der Waals surface area contributed by atoms with E-state index >= 15 is 0 Å². The van der Waals surface area contributed by atoms with Crippen LogP contribution in [0.25, 0.3) is 0 Å². The summed E-state index contributed by atoms with van der Waals surface area (Å²) in [6.07, 6.45) is 50.5. The Hall–Kier alpha value is -1.33. The number of carbonyl (C=O) groups is 1. The number of amides is 1. The molecule has 1 heterocycles. The lowest BCUT2D eigenvalue weighted by Gasteiger charge is -2.40. The van der Waals surface area contributed by atoms with E-state index in [9.17, 15) is 30.3 Å². The largest absolute Gasteiger partial charge is 0.394 e. The van der Waals surface area contributed by atoms with E-state index in [2.05, 4.69) is 43.5 Å². The van der Waals surface area contributed by atoms with Gasteiger partial charge in [0.05, 0.1) is 25.4 Å². The summed E-state index contributed by atoms with van der Waals surface area (Å²) in [6.45, 7) is 3.84. The molecule has 0 aromatic rings. The number of unbranched alkanes of at least 4 members (excludes halogenated alkanes) is 34. The minimum Gasteiger partial charge on any atom is -0.394 e. The van der Waals surface area contributed by atoms with E-state index in [4.69, 9.17) is 9.47 Å². The lowest BCUT2D eigenvalue weighted by atomic mass is 9.99. The van der Waals surface area contributed by atoms with Gasteiger partial charge in [-0.3, -0.25) is 4.79 Å². The Bertz CT molecular complexity index is 1070. The second-order valence-corrected chi connectivity index (χ2v) is 19.7. The molecule has 1 saturated heterocycles. The first-order valence-electron chi connectivity index (χ1n) is 28.0. The van der Waals surface area contributed by atoms with Crippen LogP contribution in [0.3, 0.4) is 0 Å². The Morgan fingerprint density at radius 2 is 0.908 bits per heavy atom. The maximum Gasteiger partial charge on any atom is 0.220 e. The lowest BCUT2D eigenvalue weighted by Crippen LogP contribution is -2.60. The average Bonchev–Trinajstić information content (AvgIpc) is 3.31. The van der Waals surface area contributed by atoms with Crippen molar-refractivity contribution in [3.05, 3.63) is 24.3 Å². The van der Waals surface area contributed by atoms with Crippen molar-refractivity contribution in [1.82, 2.24) is 5.32 Å². The fourth-order valence-corrected chi connectivity index (χ4v) is 9.08. The van der Waals surface area contributed by atoms with Crippen molar-refractivity contribution in [3.8, 4) is 0 Å². The molecule has 1 amide bonds. The molecule has 1 aliphatic heterocycles. The summed E-state index contributed by atoms with van der Waals surface area (Å²) in [5, 5.41) is 54.6. The molecule has 1 rings (SSSR count). The van der Waals surface area contributed by atoms with Crippen molar-refractivity contribution in [2.75, 3.05) is 13.2 Å². The third kappa shape index (κ3) is 36.3. The summed E-state index contributed by atoms with van der Waals surface area (Å²) in [7, 11) is 0. The van der Waals surface area contributed by atoms with Crippen LogP contribution in [0.5, 0.6) is 0 Å². The summed E-state index contributed by atoms with van der Waals surface area (Å²) in [4.78, 5) is 13.1. The number of rotatable bonds is 48. The molecule has 6 N–H and O–H groups in total. The fourth-order valence-electron chi connectivity index (χ4n) is 9.08. The smallest absolute Gasteiger partial charge is 0.220 e. The molecular weight excluding hydrogens is 815 g/mol. The van der Waals surface area contributed by atoms with Crippen molar-refractivity contribution in [2.45, 2.75) is 314 Å². The summed E-state index contributed by atoms with van der Waals surface area (Å²) >= 11 is 0. The monoisotopic (exact) mass is 922 g/mol. The molecule has 0 radical (unpaired) electrons. The van der Waals surface area contributed by atoms with Crippen LogP contribution in [0.4, 0.5) is 0 Å². The van der Waals surface area contributed by atoms with Gasteiger partial charge in [0.1, 0.15) is 24.4 Å². The lowest BCUT2D eigenvalue weighted by molar-refractivity contribution is -0.302. The maximum absolute atomic E-state index is 13.1. The summed E-state index contributed by atoms with van der Waals surface area (Å²) in [5.41, 5.74) is 0. The van der Waals surface area contributed by atoms with E-state index in [0.717, 1.165) is 44.9 Å². The van der Waals surface area contributed by atoms with Gasteiger partial charge in [-0.25, -0.2) is 0 Å². The highest BCUT2D eigenvalue weighted by Crippen LogP contribution is 2.23. The predicted molar refractivity (Wildman–Crippen MR) is 272 cm³/mol. The number of hydrogen-bond acceptors (Lipinski definition) is 8. The van der Waals surface area contributed by atoms with Crippen molar-refractivity contribution < 1.29 is 39.8 Å². The number of nitrogens with one attached hydrogen (secondary N) is 1. The summed E-state index contributed by atoms with van der Waals surface area (Å²) in [6, 6.07) is -0.720. The van der Waals surface area contributed by atoms with Crippen LogP contribution in [0, 0.1) is 0 Å². The third-order valence-electron chi connectivity index (χ3n) is 13.6. The Kier molecular flexibility index (Phi) is 44.0. The number of aliphatic hydroxyl groups is 5. The molecule has 1 fully saturated rings. The zero-order chi connectivity index (χ0) is 47.3. The molecule has 384 valence electrons. The van der Waals surface area contributed by atoms with Crippen LogP contribution in [0.1, 0.15) is 271 Å². The van der Waals surface area contributed by atoms with E-state index in [1.807, 2.05) is 0 Å². The normalized spacial score (nSPS) is 20.0. The Morgan fingerprint density at radius 1 is 0.523 bits per heavy atom. The maximum atomic E-state index is 13.1. The zero-order valence-electron chi connectivity index (χ0n) is 42.5. The average molecular weight is 922 g/mol. The number of carbonyl (C=O) groups excluding carboxylic acids is 1. The van der Waals surface area contributed by atoms with Gasteiger partial charge >= 0.3 is 0 Å². The second kappa shape index (κ2) is 46.4.